The highest BCUT2D eigenvalue weighted by Crippen LogP contribution is 2.21. The Morgan fingerprint density at radius 2 is 2.21 bits per heavy atom. The van der Waals surface area contributed by atoms with E-state index in [4.69, 9.17) is 14.5 Å². The Kier molecular flexibility index (Phi) is 4.91. The standard InChI is InChI=1S/C15H11BrF2N2O4/c16-13-14(21)19-12(6-10-3-4-23-24-10)20-15(13)22-7-8-1-2-9(17)5-11(8)18/h1-3,5H,4,6-7H2,(H,19,20,21). The predicted molar refractivity (Wildman–Crippen MR) is 82.1 cm³/mol. The van der Waals surface area contributed by atoms with Crippen molar-refractivity contribution in [2.45, 2.75) is 13.0 Å². The number of rotatable bonds is 5. The molecule has 0 aliphatic carbocycles. The number of nitrogens with zero attached hydrogens (tertiary/aromatic N) is 1. The van der Waals surface area contributed by atoms with Crippen LogP contribution in [0.2, 0.25) is 0 Å². The summed E-state index contributed by atoms with van der Waals surface area (Å²) in [4.78, 5) is 28.2. The normalized spacial score (nSPS) is 13.5. The molecule has 3 rings (SSSR count). The number of benzene rings is 1. The molecule has 0 atom stereocenters. The van der Waals surface area contributed by atoms with E-state index < -0.39 is 17.2 Å². The molecule has 0 radical (unpaired) electrons. The Morgan fingerprint density at radius 3 is 2.92 bits per heavy atom. The summed E-state index contributed by atoms with van der Waals surface area (Å²) in [6.45, 7) is 0.117. The van der Waals surface area contributed by atoms with E-state index in [1.165, 1.54) is 6.07 Å². The number of ether oxygens (including phenoxy) is 1. The third-order valence-corrected chi connectivity index (χ3v) is 3.85. The summed E-state index contributed by atoms with van der Waals surface area (Å²) in [5.74, 6) is -0.610. The number of halogens is 3. The molecular formula is C15H11BrF2N2O4. The van der Waals surface area contributed by atoms with Crippen LogP contribution < -0.4 is 10.3 Å². The van der Waals surface area contributed by atoms with Crippen LogP contribution in [0.1, 0.15) is 11.4 Å². The van der Waals surface area contributed by atoms with Crippen molar-refractivity contribution in [2.24, 2.45) is 0 Å². The van der Waals surface area contributed by atoms with Gasteiger partial charge in [-0.25, -0.2) is 8.78 Å². The number of nitrogens with one attached hydrogen (secondary N) is 1. The largest absolute Gasteiger partial charge is 0.472 e. The maximum atomic E-state index is 13.6. The highest BCUT2D eigenvalue weighted by molar-refractivity contribution is 9.10. The van der Waals surface area contributed by atoms with Gasteiger partial charge in [0.25, 0.3) is 5.56 Å². The lowest BCUT2D eigenvalue weighted by Crippen LogP contribution is -2.15. The van der Waals surface area contributed by atoms with Crippen LogP contribution in [0.15, 0.2) is 39.3 Å². The zero-order valence-electron chi connectivity index (χ0n) is 12.1. The third-order valence-electron chi connectivity index (χ3n) is 3.15. The van der Waals surface area contributed by atoms with Crippen molar-refractivity contribution in [3.05, 3.63) is 67.9 Å². The number of allylic oxidation sites excluding steroid dienone is 1. The van der Waals surface area contributed by atoms with E-state index in [1.807, 2.05) is 0 Å². The maximum Gasteiger partial charge on any atom is 0.269 e. The van der Waals surface area contributed by atoms with Crippen LogP contribution in [0.3, 0.4) is 0 Å². The molecule has 24 heavy (non-hydrogen) atoms. The third kappa shape index (κ3) is 3.80. The molecule has 6 nitrogen and oxygen atoms in total. The molecule has 9 heteroatoms. The first-order valence-corrected chi connectivity index (χ1v) is 7.66. The first kappa shape index (κ1) is 16.6. The molecule has 2 heterocycles. The van der Waals surface area contributed by atoms with Crippen molar-refractivity contribution in [1.82, 2.24) is 9.97 Å². The van der Waals surface area contributed by atoms with Crippen molar-refractivity contribution in [2.75, 3.05) is 6.61 Å². The van der Waals surface area contributed by atoms with Crippen LogP contribution in [-0.2, 0) is 22.8 Å². The van der Waals surface area contributed by atoms with Gasteiger partial charge in [-0.1, -0.05) is 0 Å². The summed E-state index contributed by atoms with van der Waals surface area (Å²) in [7, 11) is 0. The number of aromatic nitrogens is 2. The van der Waals surface area contributed by atoms with Crippen molar-refractivity contribution < 1.29 is 23.3 Å². The molecule has 1 aromatic heterocycles. The topological polar surface area (TPSA) is 73.4 Å². The van der Waals surface area contributed by atoms with E-state index in [0.717, 1.165) is 12.1 Å². The monoisotopic (exact) mass is 400 g/mol. The molecular weight excluding hydrogens is 390 g/mol. The SMILES string of the molecule is O=c1[nH]c(CC2=CCOO2)nc(OCc2ccc(F)cc2F)c1Br. The molecule has 0 spiro atoms. The molecule has 0 unspecified atom stereocenters. The van der Waals surface area contributed by atoms with Crippen LogP contribution in [-0.4, -0.2) is 16.6 Å². The number of hydrogen-bond donors (Lipinski definition) is 1. The van der Waals surface area contributed by atoms with Gasteiger partial charge in [0.05, 0.1) is 6.42 Å². The lowest BCUT2D eigenvalue weighted by Gasteiger charge is -2.09. The fraction of sp³-hybridized carbons (Fsp3) is 0.200. The van der Waals surface area contributed by atoms with Gasteiger partial charge < -0.3 is 14.6 Å². The summed E-state index contributed by atoms with van der Waals surface area (Å²) in [6, 6.07) is 3.15. The fourth-order valence-corrected chi connectivity index (χ4v) is 2.29. The summed E-state index contributed by atoms with van der Waals surface area (Å²) >= 11 is 3.08. The second-order valence-electron chi connectivity index (χ2n) is 4.87. The molecule has 1 aliphatic heterocycles. The maximum absolute atomic E-state index is 13.6. The van der Waals surface area contributed by atoms with Gasteiger partial charge in [0, 0.05) is 11.6 Å². The van der Waals surface area contributed by atoms with E-state index >= 15 is 0 Å². The Morgan fingerprint density at radius 1 is 1.38 bits per heavy atom. The molecule has 126 valence electrons. The van der Waals surface area contributed by atoms with Crippen molar-refractivity contribution >= 4 is 15.9 Å². The average molecular weight is 401 g/mol. The minimum absolute atomic E-state index is 0.00279. The van der Waals surface area contributed by atoms with Crippen molar-refractivity contribution in [3.63, 3.8) is 0 Å². The van der Waals surface area contributed by atoms with E-state index in [0.29, 0.717) is 18.2 Å². The fourth-order valence-electron chi connectivity index (χ4n) is 1.98. The molecule has 0 bridgehead atoms. The van der Waals surface area contributed by atoms with Gasteiger partial charge in [-0.15, -0.1) is 0 Å². The van der Waals surface area contributed by atoms with E-state index in [2.05, 4.69) is 25.9 Å². The van der Waals surface area contributed by atoms with Gasteiger partial charge in [0.15, 0.2) is 0 Å². The molecule has 0 amide bonds. The summed E-state index contributed by atoms with van der Waals surface area (Å²) in [6.07, 6.45) is 1.92. The average Bonchev–Trinajstić information content (AvgIpc) is 3.03. The molecule has 0 saturated carbocycles. The number of hydrogen-bond acceptors (Lipinski definition) is 5. The Bertz CT molecular complexity index is 854. The second-order valence-corrected chi connectivity index (χ2v) is 5.66. The molecule has 0 fully saturated rings. The van der Waals surface area contributed by atoms with Gasteiger partial charge in [0.1, 0.15) is 40.9 Å². The summed E-state index contributed by atoms with van der Waals surface area (Å²) in [5, 5.41) is 0. The van der Waals surface area contributed by atoms with Crippen LogP contribution in [0.25, 0.3) is 0 Å². The predicted octanol–water partition coefficient (Wildman–Crippen LogP) is 2.78. The molecule has 1 aliphatic rings. The minimum atomic E-state index is -0.738. The van der Waals surface area contributed by atoms with Crippen LogP contribution in [0.4, 0.5) is 8.78 Å². The van der Waals surface area contributed by atoms with Crippen LogP contribution in [0, 0.1) is 11.6 Å². The van der Waals surface area contributed by atoms with Gasteiger partial charge in [-0.3, -0.25) is 4.79 Å². The molecule has 0 saturated heterocycles. The van der Waals surface area contributed by atoms with E-state index in [9.17, 15) is 13.6 Å². The highest BCUT2D eigenvalue weighted by atomic mass is 79.9. The molecule has 1 N–H and O–H groups in total. The number of aromatic amines is 1. The van der Waals surface area contributed by atoms with Gasteiger partial charge in [0.2, 0.25) is 5.88 Å². The summed E-state index contributed by atoms with van der Waals surface area (Å²) in [5.41, 5.74) is -0.309. The number of H-pyrrole nitrogens is 1. The van der Waals surface area contributed by atoms with Crippen molar-refractivity contribution in [3.8, 4) is 5.88 Å². The lowest BCUT2D eigenvalue weighted by molar-refractivity contribution is -0.235. The Hall–Kier alpha value is -2.26. The van der Waals surface area contributed by atoms with Crippen molar-refractivity contribution in [1.29, 1.82) is 0 Å². The molecule has 1 aromatic carbocycles. The Balaban J connectivity index is 1.79. The van der Waals surface area contributed by atoms with E-state index in [-0.39, 0.29) is 28.9 Å². The lowest BCUT2D eigenvalue weighted by atomic mass is 10.2. The molecule has 2 aromatic rings. The van der Waals surface area contributed by atoms with Crippen LogP contribution >= 0.6 is 15.9 Å². The van der Waals surface area contributed by atoms with Crippen LogP contribution in [0.5, 0.6) is 5.88 Å². The van der Waals surface area contributed by atoms with Gasteiger partial charge in [-0.2, -0.15) is 9.87 Å². The smallest absolute Gasteiger partial charge is 0.269 e. The second kappa shape index (κ2) is 7.10. The highest BCUT2D eigenvalue weighted by Gasteiger charge is 2.15. The minimum Gasteiger partial charge on any atom is -0.472 e. The first-order chi connectivity index (χ1) is 11.5. The zero-order valence-corrected chi connectivity index (χ0v) is 13.7. The zero-order chi connectivity index (χ0) is 17.1. The van der Waals surface area contributed by atoms with Gasteiger partial charge >= 0.3 is 0 Å². The summed E-state index contributed by atoms with van der Waals surface area (Å²) < 4.78 is 32.0. The van der Waals surface area contributed by atoms with Gasteiger partial charge in [-0.05, 0) is 34.1 Å². The first-order valence-electron chi connectivity index (χ1n) is 6.87. The van der Waals surface area contributed by atoms with E-state index in [1.54, 1.807) is 6.08 Å². The Labute approximate surface area is 143 Å². The quantitative estimate of drug-likeness (QED) is 0.781.